The summed E-state index contributed by atoms with van der Waals surface area (Å²) in [5.41, 5.74) is 9.80. The first-order valence-electron chi connectivity index (χ1n) is 5.29. The number of nitrogens with one attached hydrogen (secondary N) is 1. The van der Waals surface area contributed by atoms with Gasteiger partial charge in [0.2, 0.25) is 0 Å². The first-order chi connectivity index (χ1) is 8.35. The molecule has 0 atom stereocenters. The molecule has 3 nitrogen and oxygen atoms in total. The summed E-state index contributed by atoms with van der Waals surface area (Å²) in [7, 11) is 1.63. The third-order valence-corrected chi connectivity index (χ3v) is 2.52. The van der Waals surface area contributed by atoms with Crippen molar-refractivity contribution in [1.82, 2.24) is 0 Å². The minimum atomic E-state index is 0.660. The molecule has 0 aromatic heterocycles. The lowest BCUT2D eigenvalue weighted by atomic mass is 10.0. The van der Waals surface area contributed by atoms with E-state index in [2.05, 4.69) is 5.11 Å². The molecular weight excluding hydrogens is 212 g/mol. The molecule has 0 aliphatic heterocycles. The number of carbonyl (C=O) groups excluding carboxylic acids is 1. The fourth-order valence-corrected chi connectivity index (χ4v) is 1.64. The normalized spacial score (nSPS) is 13.7. The summed E-state index contributed by atoms with van der Waals surface area (Å²) < 4.78 is 5.10. The molecule has 1 N–H and O–H groups in total. The van der Waals surface area contributed by atoms with Gasteiger partial charge in [0.05, 0.1) is 5.70 Å². The van der Waals surface area contributed by atoms with Crippen molar-refractivity contribution in [3.05, 3.63) is 65.8 Å². The molecule has 2 rings (SSSR count). The Morgan fingerprint density at radius 2 is 1.71 bits per heavy atom. The Hall–Kier alpha value is -2.29. The van der Waals surface area contributed by atoms with Crippen molar-refractivity contribution in [3.63, 3.8) is 0 Å². The third-order valence-electron chi connectivity index (χ3n) is 2.52. The standard InChI is InChI=1S/C14H13N2O/c1-17-13-9-7-12(8-10-13)14(16-15)11-5-3-2-4-6-11/h2-10,15H,1H3/q+1. The monoisotopic (exact) mass is 225 g/mol. The topological polar surface area (TPSA) is 47.5 Å². The average Bonchev–Trinajstić information content (AvgIpc) is 2.42. The number of hydrogen-bond acceptors (Lipinski definition) is 2. The van der Waals surface area contributed by atoms with Gasteiger partial charge in [0.15, 0.2) is 0 Å². The van der Waals surface area contributed by atoms with E-state index >= 15 is 0 Å². The van der Waals surface area contributed by atoms with Gasteiger partial charge in [-0.25, -0.2) is 5.53 Å². The van der Waals surface area contributed by atoms with Crippen LogP contribution in [0.1, 0.15) is 5.56 Å². The van der Waals surface area contributed by atoms with Crippen LogP contribution in [0.5, 0.6) is 0 Å². The second-order valence-corrected chi connectivity index (χ2v) is 3.55. The number of rotatable bonds is 2. The zero-order valence-electron chi connectivity index (χ0n) is 9.55. The maximum Gasteiger partial charge on any atom is 0.343 e. The fraction of sp³-hybridized carbons (Fsp3) is 0.0714. The summed E-state index contributed by atoms with van der Waals surface area (Å²) in [6, 6.07) is 9.70. The van der Waals surface area contributed by atoms with Gasteiger partial charge in [0.25, 0.3) is 7.11 Å². The highest BCUT2D eigenvalue weighted by atomic mass is 16.4. The predicted molar refractivity (Wildman–Crippen MR) is 67.7 cm³/mol. The van der Waals surface area contributed by atoms with E-state index in [-0.39, 0.29) is 0 Å². The van der Waals surface area contributed by atoms with Gasteiger partial charge in [-0.2, -0.15) is 5.11 Å². The van der Waals surface area contributed by atoms with Crippen LogP contribution in [0.15, 0.2) is 65.3 Å². The molecule has 1 aromatic carbocycles. The Kier molecular flexibility index (Phi) is 3.40. The summed E-state index contributed by atoms with van der Waals surface area (Å²) >= 11 is 0. The Balaban J connectivity index is 2.44. The molecule has 0 spiro atoms. The van der Waals surface area contributed by atoms with E-state index in [1.165, 1.54) is 0 Å². The zero-order chi connectivity index (χ0) is 12.1. The fourth-order valence-electron chi connectivity index (χ4n) is 1.64. The van der Waals surface area contributed by atoms with Gasteiger partial charge in [0, 0.05) is 23.3 Å². The van der Waals surface area contributed by atoms with E-state index in [4.69, 9.17) is 9.96 Å². The van der Waals surface area contributed by atoms with Crippen LogP contribution in [-0.2, 0) is 4.42 Å². The lowest BCUT2D eigenvalue weighted by Gasteiger charge is -2.05. The van der Waals surface area contributed by atoms with Crippen molar-refractivity contribution in [1.29, 1.82) is 5.53 Å². The van der Waals surface area contributed by atoms with Gasteiger partial charge in [-0.1, -0.05) is 30.3 Å². The van der Waals surface area contributed by atoms with Crippen LogP contribution in [0.25, 0.3) is 5.70 Å². The molecule has 0 saturated carbocycles. The van der Waals surface area contributed by atoms with Crippen LogP contribution in [0.2, 0.25) is 0 Å². The van der Waals surface area contributed by atoms with Crippen molar-refractivity contribution in [2.24, 2.45) is 5.11 Å². The summed E-state index contributed by atoms with van der Waals surface area (Å²) in [6.07, 6.45) is 7.53. The zero-order valence-corrected chi connectivity index (χ0v) is 9.55. The summed E-state index contributed by atoms with van der Waals surface area (Å²) in [4.78, 5) is 0. The largest absolute Gasteiger partial charge is 0.343 e. The van der Waals surface area contributed by atoms with Crippen LogP contribution < -0.4 is 0 Å². The quantitative estimate of drug-likeness (QED) is 0.593. The minimum absolute atomic E-state index is 0.660. The Morgan fingerprint density at radius 1 is 1.06 bits per heavy atom. The summed E-state index contributed by atoms with van der Waals surface area (Å²) in [5.74, 6) is 0.797. The lowest BCUT2D eigenvalue weighted by molar-refractivity contribution is -0.417. The molecule has 1 aromatic rings. The number of hydrogen-bond donors (Lipinski definition) is 1. The molecule has 84 valence electrons. The molecule has 0 unspecified atom stereocenters. The molecule has 0 radical (unpaired) electrons. The molecule has 1 aliphatic carbocycles. The van der Waals surface area contributed by atoms with Crippen molar-refractivity contribution < 1.29 is 4.42 Å². The molecule has 1 aliphatic rings. The van der Waals surface area contributed by atoms with Gasteiger partial charge < -0.3 is 0 Å². The highest BCUT2D eigenvalue weighted by Crippen LogP contribution is 2.23. The summed E-state index contributed by atoms with van der Waals surface area (Å²) in [5, 5.41) is 3.61. The van der Waals surface area contributed by atoms with E-state index in [1.54, 1.807) is 7.11 Å². The molecule has 0 amide bonds. The molecular formula is C14H13N2O+. The second kappa shape index (κ2) is 5.16. The Labute approximate surface area is 100.0 Å². The van der Waals surface area contributed by atoms with Gasteiger partial charge >= 0.3 is 5.78 Å². The van der Waals surface area contributed by atoms with Crippen molar-refractivity contribution >= 4 is 11.5 Å². The van der Waals surface area contributed by atoms with Gasteiger partial charge in [-0.15, -0.1) is 0 Å². The van der Waals surface area contributed by atoms with Crippen LogP contribution in [0.4, 0.5) is 0 Å². The highest BCUT2D eigenvalue weighted by Gasteiger charge is 2.10. The van der Waals surface area contributed by atoms with Gasteiger partial charge in [0.1, 0.15) is 0 Å². The first-order valence-corrected chi connectivity index (χ1v) is 5.29. The second-order valence-electron chi connectivity index (χ2n) is 3.55. The number of ketones is 1. The van der Waals surface area contributed by atoms with E-state index in [0.29, 0.717) is 5.70 Å². The lowest BCUT2D eigenvalue weighted by Crippen LogP contribution is -1.97. The molecule has 0 bridgehead atoms. The molecule has 0 saturated heterocycles. The van der Waals surface area contributed by atoms with Crippen LogP contribution in [0, 0.1) is 5.53 Å². The van der Waals surface area contributed by atoms with Gasteiger partial charge in [-0.3, -0.25) is 4.42 Å². The molecule has 0 heterocycles. The van der Waals surface area contributed by atoms with Crippen molar-refractivity contribution in [2.75, 3.05) is 7.11 Å². The molecule has 0 fully saturated rings. The third kappa shape index (κ3) is 2.45. The smallest absolute Gasteiger partial charge is 0.258 e. The minimum Gasteiger partial charge on any atom is -0.258 e. The highest BCUT2D eigenvalue weighted by molar-refractivity contribution is 6.02. The van der Waals surface area contributed by atoms with Crippen LogP contribution >= 0.6 is 0 Å². The average molecular weight is 225 g/mol. The first kappa shape index (κ1) is 11.2. The Morgan fingerprint density at radius 3 is 2.24 bits per heavy atom. The van der Waals surface area contributed by atoms with Crippen molar-refractivity contribution in [3.8, 4) is 0 Å². The number of nitrogens with zero attached hydrogens (tertiary/aromatic N) is 1. The van der Waals surface area contributed by atoms with E-state index < -0.39 is 0 Å². The van der Waals surface area contributed by atoms with Gasteiger partial charge in [-0.05, 0) is 12.2 Å². The molecule has 3 heteroatoms. The molecule has 17 heavy (non-hydrogen) atoms. The maximum atomic E-state index is 7.29. The van der Waals surface area contributed by atoms with Crippen LogP contribution in [-0.4, -0.2) is 12.9 Å². The van der Waals surface area contributed by atoms with E-state index in [1.807, 2.05) is 54.6 Å². The predicted octanol–water partition coefficient (Wildman–Crippen LogP) is 3.29. The Bertz CT molecular complexity index is 519. The number of allylic oxidation sites excluding steroid dienone is 5. The van der Waals surface area contributed by atoms with E-state index in [9.17, 15) is 0 Å². The SMILES string of the molecule is C[O+]=C1C=CC(=C(N=N)c2ccccc2)C=C1. The van der Waals surface area contributed by atoms with E-state index in [0.717, 1.165) is 16.9 Å². The van der Waals surface area contributed by atoms with Crippen molar-refractivity contribution in [2.45, 2.75) is 0 Å². The summed E-state index contributed by atoms with van der Waals surface area (Å²) in [6.45, 7) is 0. The number of benzene rings is 1. The van der Waals surface area contributed by atoms with Crippen LogP contribution in [0.3, 0.4) is 0 Å². The maximum absolute atomic E-state index is 7.29.